The number of benzene rings is 1. The van der Waals surface area contributed by atoms with Crippen LogP contribution in [-0.4, -0.2) is 79.5 Å². The molecule has 2 amide bonds. The highest BCUT2D eigenvalue weighted by molar-refractivity contribution is 5.96. The van der Waals surface area contributed by atoms with Gasteiger partial charge in [0.15, 0.2) is 0 Å². The van der Waals surface area contributed by atoms with E-state index < -0.39 is 12.0 Å². The van der Waals surface area contributed by atoms with Crippen LogP contribution in [0, 0.1) is 0 Å². The summed E-state index contributed by atoms with van der Waals surface area (Å²) in [5.41, 5.74) is 2.16. The number of anilines is 1. The monoisotopic (exact) mass is 407 g/mol. The molecule has 2 fully saturated rings. The smallest absolute Gasteiger partial charge is 0.253 e. The van der Waals surface area contributed by atoms with Gasteiger partial charge in [-0.15, -0.1) is 0 Å². The molecule has 0 saturated carbocycles. The van der Waals surface area contributed by atoms with Crippen molar-refractivity contribution in [2.45, 2.75) is 37.7 Å². The Kier molecular flexibility index (Phi) is 5.83. The van der Waals surface area contributed by atoms with Crippen molar-refractivity contribution < 1.29 is 23.1 Å². The predicted octanol–water partition coefficient (Wildman–Crippen LogP) is 1.92. The Morgan fingerprint density at radius 3 is 2.66 bits per heavy atom. The molecular formula is C21H27F2N3O3. The predicted molar refractivity (Wildman–Crippen MR) is 104 cm³/mol. The largest absolute Gasteiger partial charge is 0.366 e. The normalized spacial score (nSPS) is 24.8. The number of nitrogens with zero attached hydrogens (tertiary/aromatic N) is 3. The van der Waals surface area contributed by atoms with Gasteiger partial charge in [0.1, 0.15) is 6.10 Å². The van der Waals surface area contributed by atoms with E-state index >= 15 is 0 Å². The molecule has 0 radical (unpaired) electrons. The van der Waals surface area contributed by atoms with Gasteiger partial charge < -0.3 is 14.5 Å². The number of ether oxygens (including phenoxy) is 1. The van der Waals surface area contributed by atoms with Crippen LogP contribution in [0.3, 0.4) is 0 Å². The van der Waals surface area contributed by atoms with Gasteiger partial charge in [0.05, 0.1) is 13.2 Å². The van der Waals surface area contributed by atoms with Crippen molar-refractivity contribution in [1.82, 2.24) is 9.80 Å². The quantitative estimate of drug-likeness (QED) is 0.768. The summed E-state index contributed by atoms with van der Waals surface area (Å²) < 4.78 is 32.3. The molecule has 3 aliphatic heterocycles. The van der Waals surface area contributed by atoms with Gasteiger partial charge in [0, 0.05) is 51.3 Å². The van der Waals surface area contributed by atoms with Crippen LogP contribution in [0.25, 0.3) is 0 Å². The average Bonchev–Trinajstić information content (AvgIpc) is 2.73. The first-order chi connectivity index (χ1) is 13.9. The van der Waals surface area contributed by atoms with E-state index in [-0.39, 0.29) is 44.3 Å². The maximum Gasteiger partial charge on any atom is 0.253 e. The summed E-state index contributed by atoms with van der Waals surface area (Å²) >= 11 is 0. The Bertz CT molecular complexity index is 763. The molecule has 2 saturated heterocycles. The summed E-state index contributed by atoms with van der Waals surface area (Å²) in [6.45, 7) is 2.26. The fourth-order valence-corrected chi connectivity index (χ4v) is 4.32. The minimum absolute atomic E-state index is 0.0165. The van der Waals surface area contributed by atoms with Gasteiger partial charge in [-0.25, -0.2) is 8.78 Å². The standard InChI is InChI=1S/C21H27F2N3O3/c22-21(23)7-10-25(11-8-21)20(28)18-14-24(12-13-29-18)15-19(27)26-9-3-5-16-4-1-2-6-17(16)26/h1-2,4,6,18H,3,5,7-15H2. The van der Waals surface area contributed by atoms with Crippen LogP contribution in [0.2, 0.25) is 0 Å². The Morgan fingerprint density at radius 2 is 1.86 bits per heavy atom. The van der Waals surface area contributed by atoms with Crippen LogP contribution < -0.4 is 4.90 Å². The summed E-state index contributed by atoms with van der Waals surface area (Å²) in [7, 11) is 0. The summed E-state index contributed by atoms with van der Waals surface area (Å²) in [6.07, 6.45) is 0.608. The molecule has 0 bridgehead atoms. The minimum atomic E-state index is -2.69. The number of alkyl halides is 2. The van der Waals surface area contributed by atoms with Gasteiger partial charge in [-0.3, -0.25) is 14.5 Å². The molecule has 29 heavy (non-hydrogen) atoms. The Labute approximate surface area is 169 Å². The number of halogens is 2. The molecule has 0 N–H and O–H groups in total. The summed E-state index contributed by atoms with van der Waals surface area (Å²) in [4.78, 5) is 30.9. The molecule has 3 heterocycles. The van der Waals surface area contributed by atoms with Crippen LogP contribution in [0.1, 0.15) is 24.8 Å². The van der Waals surface area contributed by atoms with Crippen molar-refractivity contribution in [2.75, 3.05) is 50.8 Å². The lowest BCUT2D eigenvalue weighted by molar-refractivity contribution is -0.155. The van der Waals surface area contributed by atoms with Gasteiger partial charge in [-0.1, -0.05) is 18.2 Å². The number of hydrogen-bond acceptors (Lipinski definition) is 4. The molecule has 1 aromatic rings. The molecule has 0 spiro atoms. The molecule has 6 nitrogen and oxygen atoms in total. The molecule has 158 valence electrons. The molecule has 1 unspecified atom stereocenters. The van der Waals surface area contributed by atoms with Crippen LogP contribution in [0.5, 0.6) is 0 Å². The summed E-state index contributed by atoms with van der Waals surface area (Å²) in [6, 6.07) is 7.96. The lowest BCUT2D eigenvalue weighted by atomic mass is 10.0. The number of amides is 2. The van der Waals surface area contributed by atoms with Crippen LogP contribution in [-0.2, 0) is 20.7 Å². The van der Waals surface area contributed by atoms with Gasteiger partial charge in [-0.05, 0) is 24.5 Å². The van der Waals surface area contributed by atoms with Gasteiger partial charge in [0.25, 0.3) is 11.8 Å². The number of aryl methyl sites for hydroxylation is 1. The van der Waals surface area contributed by atoms with E-state index in [1.54, 1.807) is 0 Å². The molecular weight excluding hydrogens is 380 g/mol. The van der Waals surface area contributed by atoms with Crippen LogP contribution in [0.15, 0.2) is 24.3 Å². The highest BCUT2D eigenvalue weighted by Crippen LogP contribution is 2.29. The zero-order valence-electron chi connectivity index (χ0n) is 16.5. The first kappa shape index (κ1) is 20.2. The number of morpholine rings is 1. The molecule has 0 aliphatic carbocycles. The number of likely N-dealkylation sites (tertiary alicyclic amines) is 1. The molecule has 1 atom stereocenters. The number of hydrogen-bond donors (Lipinski definition) is 0. The van der Waals surface area contributed by atoms with E-state index in [1.807, 2.05) is 28.0 Å². The highest BCUT2D eigenvalue weighted by atomic mass is 19.3. The second-order valence-corrected chi connectivity index (χ2v) is 8.05. The zero-order chi connectivity index (χ0) is 20.4. The third kappa shape index (κ3) is 4.59. The average molecular weight is 407 g/mol. The Balaban J connectivity index is 1.35. The van der Waals surface area contributed by atoms with Gasteiger partial charge in [-0.2, -0.15) is 0 Å². The third-order valence-corrected chi connectivity index (χ3v) is 6.00. The van der Waals surface area contributed by atoms with Crippen molar-refractivity contribution >= 4 is 17.5 Å². The fourth-order valence-electron chi connectivity index (χ4n) is 4.32. The van der Waals surface area contributed by atoms with E-state index in [9.17, 15) is 18.4 Å². The van der Waals surface area contributed by atoms with Crippen molar-refractivity contribution in [1.29, 1.82) is 0 Å². The SMILES string of the molecule is O=C(C1CN(CC(=O)N2CCCc3ccccc32)CCO1)N1CCC(F)(F)CC1. The number of rotatable bonds is 3. The number of fused-ring (bicyclic) bond motifs is 1. The second-order valence-electron chi connectivity index (χ2n) is 8.05. The van der Waals surface area contributed by atoms with Crippen molar-refractivity contribution in [3.63, 3.8) is 0 Å². The van der Waals surface area contributed by atoms with Crippen molar-refractivity contribution in [2.24, 2.45) is 0 Å². The van der Waals surface area contributed by atoms with Crippen molar-refractivity contribution in [3.8, 4) is 0 Å². The number of piperidine rings is 1. The highest BCUT2D eigenvalue weighted by Gasteiger charge is 2.39. The molecule has 4 rings (SSSR count). The van der Waals surface area contributed by atoms with E-state index in [0.717, 1.165) is 18.5 Å². The zero-order valence-corrected chi connectivity index (χ0v) is 16.5. The second kappa shape index (κ2) is 8.36. The van der Waals surface area contributed by atoms with E-state index in [4.69, 9.17) is 4.74 Å². The van der Waals surface area contributed by atoms with Crippen LogP contribution in [0.4, 0.5) is 14.5 Å². The maximum absolute atomic E-state index is 13.4. The molecule has 0 aromatic heterocycles. The van der Waals surface area contributed by atoms with Gasteiger partial charge in [0.2, 0.25) is 5.91 Å². The third-order valence-electron chi connectivity index (χ3n) is 6.00. The Hall–Kier alpha value is -2.06. The van der Waals surface area contributed by atoms with E-state index in [0.29, 0.717) is 26.2 Å². The fraction of sp³-hybridized carbons (Fsp3) is 0.619. The summed E-state index contributed by atoms with van der Waals surface area (Å²) in [5.74, 6) is -2.92. The molecule has 3 aliphatic rings. The molecule has 8 heteroatoms. The number of para-hydroxylation sites is 1. The lowest BCUT2D eigenvalue weighted by Crippen LogP contribution is -2.55. The first-order valence-corrected chi connectivity index (χ1v) is 10.3. The number of carbonyl (C=O) groups is 2. The Morgan fingerprint density at radius 1 is 1.10 bits per heavy atom. The first-order valence-electron chi connectivity index (χ1n) is 10.3. The lowest BCUT2D eigenvalue weighted by Gasteiger charge is -2.38. The minimum Gasteiger partial charge on any atom is -0.366 e. The number of carbonyl (C=O) groups excluding carboxylic acids is 2. The topological polar surface area (TPSA) is 53.1 Å². The van der Waals surface area contributed by atoms with Gasteiger partial charge >= 0.3 is 0 Å². The van der Waals surface area contributed by atoms with E-state index in [2.05, 4.69) is 6.07 Å². The van der Waals surface area contributed by atoms with Crippen molar-refractivity contribution in [3.05, 3.63) is 29.8 Å². The maximum atomic E-state index is 13.4. The van der Waals surface area contributed by atoms with Crippen LogP contribution >= 0.6 is 0 Å². The molecule has 1 aromatic carbocycles. The van der Waals surface area contributed by atoms with E-state index in [1.165, 1.54) is 10.5 Å². The summed E-state index contributed by atoms with van der Waals surface area (Å²) in [5, 5.41) is 0.